The van der Waals surface area contributed by atoms with Crippen molar-refractivity contribution in [2.75, 3.05) is 5.32 Å². The smallest absolute Gasteiger partial charge is 0.335 e. The van der Waals surface area contributed by atoms with Gasteiger partial charge < -0.3 is 15.2 Å². The van der Waals surface area contributed by atoms with Crippen LogP contribution in [0, 0.1) is 6.92 Å². The van der Waals surface area contributed by atoms with Crippen LogP contribution < -0.4 is 10.1 Å². The molecule has 0 aliphatic rings. The van der Waals surface area contributed by atoms with Gasteiger partial charge in [-0.1, -0.05) is 12.1 Å². The van der Waals surface area contributed by atoms with Crippen LogP contribution in [-0.2, 0) is 0 Å². The van der Waals surface area contributed by atoms with E-state index >= 15 is 0 Å². The van der Waals surface area contributed by atoms with Crippen LogP contribution in [0.5, 0.6) is 11.5 Å². The normalized spacial score (nSPS) is 10.2. The van der Waals surface area contributed by atoms with Crippen molar-refractivity contribution >= 4 is 17.6 Å². The molecule has 2 N–H and O–H groups in total. The minimum atomic E-state index is -1.01. The van der Waals surface area contributed by atoms with Crippen molar-refractivity contribution in [3.63, 3.8) is 0 Å². The molecule has 0 aliphatic carbocycles. The predicted molar refractivity (Wildman–Crippen MR) is 99.0 cm³/mol. The highest BCUT2D eigenvalue weighted by atomic mass is 16.5. The molecule has 26 heavy (non-hydrogen) atoms. The molecule has 0 heterocycles. The fourth-order valence-electron chi connectivity index (χ4n) is 2.39. The van der Waals surface area contributed by atoms with Crippen molar-refractivity contribution in [3.05, 3.63) is 89.5 Å². The molecule has 0 saturated heterocycles. The van der Waals surface area contributed by atoms with Crippen LogP contribution in [0.4, 0.5) is 5.69 Å². The van der Waals surface area contributed by atoms with Gasteiger partial charge in [-0.25, -0.2) is 4.79 Å². The number of carbonyl (C=O) groups is 2. The Labute approximate surface area is 150 Å². The standard InChI is InChI=1S/C21H17NO4/c1-14-3-2-4-19(13-14)26-18-11-7-15(8-12-18)20(23)22-17-9-5-16(6-10-17)21(24)25/h2-13H,1H3,(H,22,23)(H,24,25). The number of benzene rings is 3. The number of aromatic carboxylic acids is 1. The van der Waals surface area contributed by atoms with Gasteiger partial charge in [0.15, 0.2) is 0 Å². The van der Waals surface area contributed by atoms with E-state index in [1.54, 1.807) is 36.4 Å². The Bertz CT molecular complexity index is 931. The van der Waals surface area contributed by atoms with Crippen molar-refractivity contribution in [2.24, 2.45) is 0 Å². The minimum absolute atomic E-state index is 0.167. The zero-order valence-corrected chi connectivity index (χ0v) is 14.1. The van der Waals surface area contributed by atoms with E-state index in [0.29, 0.717) is 17.0 Å². The van der Waals surface area contributed by atoms with E-state index in [1.165, 1.54) is 12.1 Å². The molecule has 0 fully saturated rings. The monoisotopic (exact) mass is 347 g/mol. The Morgan fingerprint density at radius 2 is 1.50 bits per heavy atom. The van der Waals surface area contributed by atoms with E-state index in [1.807, 2.05) is 31.2 Å². The molecule has 5 nitrogen and oxygen atoms in total. The largest absolute Gasteiger partial charge is 0.478 e. The lowest BCUT2D eigenvalue weighted by atomic mass is 10.1. The molecule has 0 aromatic heterocycles. The summed E-state index contributed by atoms with van der Waals surface area (Å²) in [6.45, 7) is 1.99. The van der Waals surface area contributed by atoms with Gasteiger partial charge in [0.25, 0.3) is 5.91 Å². The lowest BCUT2D eigenvalue weighted by Gasteiger charge is -2.08. The number of carboxylic acid groups (broad SMARTS) is 1. The van der Waals surface area contributed by atoms with Crippen molar-refractivity contribution in [1.29, 1.82) is 0 Å². The van der Waals surface area contributed by atoms with E-state index in [4.69, 9.17) is 9.84 Å². The van der Waals surface area contributed by atoms with Gasteiger partial charge >= 0.3 is 5.97 Å². The molecule has 3 aromatic rings. The maximum atomic E-state index is 12.3. The first-order valence-electron chi connectivity index (χ1n) is 8.00. The van der Waals surface area contributed by atoms with Crippen LogP contribution in [-0.4, -0.2) is 17.0 Å². The van der Waals surface area contributed by atoms with Crippen LogP contribution in [0.25, 0.3) is 0 Å². The summed E-state index contributed by atoms with van der Waals surface area (Å²) >= 11 is 0. The first kappa shape index (κ1) is 17.2. The molecule has 0 atom stereocenters. The summed E-state index contributed by atoms with van der Waals surface area (Å²) in [6.07, 6.45) is 0. The van der Waals surface area contributed by atoms with Gasteiger partial charge in [-0.3, -0.25) is 4.79 Å². The Hall–Kier alpha value is -3.60. The SMILES string of the molecule is Cc1cccc(Oc2ccc(C(=O)Nc3ccc(C(=O)O)cc3)cc2)c1. The fourth-order valence-corrected chi connectivity index (χ4v) is 2.39. The van der Waals surface area contributed by atoms with Crippen molar-refractivity contribution in [3.8, 4) is 11.5 Å². The van der Waals surface area contributed by atoms with E-state index in [-0.39, 0.29) is 11.5 Å². The van der Waals surface area contributed by atoms with Crippen LogP contribution in [0.2, 0.25) is 0 Å². The molecule has 0 saturated carbocycles. The molecule has 1 amide bonds. The van der Waals surface area contributed by atoms with Crippen LogP contribution in [0.1, 0.15) is 26.3 Å². The molecule has 5 heteroatoms. The van der Waals surface area contributed by atoms with Gasteiger partial charge in [0, 0.05) is 11.3 Å². The molecule has 0 spiro atoms. The average molecular weight is 347 g/mol. The third-order valence-electron chi connectivity index (χ3n) is 3.73. The van der Waals surface area contributed by atoms with Crippen LogP contribution >= 0.6 is 0 Å². The Balaban J connectivity index is 1.65. The molecule has 0 bridgehead atoms. The third kappa shape index (κ3) is 4.27. The maximum Gasteiger partial charge on any atom is 0.335 e. The van der Waals surface area contributed by atoms with Gasteiger partial charge in [-0.2, -0.15) is 0 Å². The quantitative estimate of drug-likeness (QED) is 0.699. The van der Waals surface area contributed by atoms with E-state index in [2.05, 4.69) is 5.32 Å². The number of nitrogens with one attached hydrogen (secondary N) is 1. The van der Waals surface area contributed by atoms with Gasteiger partial charge in [0.2, 0.25) is 0 Å². The molecule has 0 aliphatic heterocycles. The summed E-state index contributed by atoms with van der Waals surface area (Å²) in [5.74, 6) is 0.0842. The second-order valence-electron chi connectivity index (χ2n) is 5.78. The summed E-state index contributed by atoms with van der Waals surface area (Å²) in [5.41, 5.74) is 2.28. The van der Waals surface area contributed by atoms with Gasteiger partial charge in [0.05, 0.1) is 5.56 Å². The van der Waals surface area contributed by atoms with Crippen molar-refractivity contribution < 1.29 is 19.4 Å². The zero-order valence-electron chi connectivity index (χ0n) is 14.1. The van der Waals surface area contributed by atoms with Gasteiger partial charge in [0.1, 0.15) is 11.5 Å². The molecule has 130 valence electrons. The summed E-state index contributed by atoms with van der Waals surface area (Å²) in [7, 11) is 0. The number of aryl methyl sites for hydroxylation is 1. The number of carbonyl (C=O) groups excluding carboxylic acids is 1. The van der Waals surface area contributed by atoms with Gasteiger partial charge in [-0.05, 0) is 73.2 Å². The predicted octanol–water partition coefficient (Wildman–Crippen LogP) is 4.74. The third-order valence-corrected chi connectivity index (χ3v) is 3.73. The molecular weight excluding hydrogens is 330 g/mol. The first-order chi connectivity index (χ1) is 12.5. The van der Waals surface area contributed by atoms with Gasteiger partial charge in [-0.15, -0.1) is 0 Å². The summed E-state index contributed by atoms with van der Waals surface area (Å²) in [4.78, 5) is 23.1. The van der Waals surface area contributed by atoms with E-state index in [0.717, 1.165) is 11.3 Å². The van der Waals surface area contributed by atoms with Crippen molar-refractivity contribution in [2.45, 2.75) is 6.92 Å². The molecule has 0 unspecified atom stereocenters. The van der Waals surface area contributed by atoms with E-state index in [9.17, 15) is 9.59 Å². The maximum absolute atomic E-state index is 12.3. The van der Waals surface area contributed by atoms with Crippen LogP contribution in [0.15, 0.2) is 72.8 Å². The number of hydrogen-bond donors (Lipinski definition) is 2. The van der Waals surface area contributed by atoms with Crippen LogP contribution in [0.3, 0.4) is 0 Å². The highest BCUT2D eigenvalue weighted by Gasteiger charge is 2.08. The molecular formula is C21H17NO4. The van der Waals surface area contributed by atoms with Crippen molar-refractivity contribution in [1.82, 2.24) is 0 Å². The number of hydrogen-bond acceptors (Lipinski definition) is 3. The number of carboxylic acids is 1. The highest BCUT2D eigenvalue weighted by molar-refractivity contribution is 6.04. The topological polar surface area (TPSA) is 75.6 Å². The summed E-state index contributed by atoms with van der Waals surface area (Å²) < 4.78 is 5.76. The molecule has 3 aromatic carbocycles. The molecule has 3 rings (SSSR count). The Morgan fingerprint density at radius 3 is 2.12 bits per heavy atom. The highest BCUT2D eigenvalue weighted by Crippen LogP contribution is 2.22. The number of rotatable bonds is 5. The second-order valence-corrected chi connectivity index (χ2v) is 5.78. The Kier molecular flexibility index (Phi) is 4.99. The lowest BCUT2D eigenvalue weighted by molar-refractivity contribution is 0.0696. The lowest BCUT2D eigenvalue weighted by Crippen LogP contribution is -2.11. The number of anilines is 1. The Morgan fingerprint density at radius 1 is 0.846 bits per heavy atom. The fraction of sp³-hybridized carbons (Fsp3) is 0.0476. The van der Waals surface area contributed by atoms with E-state index < -0.39 is 5.97 Å². The number of ether oxygens (including phenoxy) is 1. The number of amides is 1. The zero-order chi connectivity index (χ0) is 18.5. The average Bonchev–Trinajstić information content (AvgIpc) is 2.63. The first-order valence-corrected chi connectivity index (χ1v) is 8.00. The summed E-state index contributed by atoms with van der Waals surface area (Å²) in [5, 5.41) is 11.6. The minimum Gasteiger partial charge on any atom is -0.478 e. The molecule has 0 radical (unpaired) electrons. The second kappa shape index (κ2) is 7.53. The summed E-state index contributed by atoms with van der Waals surface area (Å²) in [6, 6.07) is 20.5.